The number of methoxy groups -OCH3 is 1. The monoisotopic (exact) mass is 560 g/mol. The van der Waals surface area contributed by atoms with E-state index < -0.39 is 6.09 Å². The predicted molar refractivity (Wildman–Crippen MR) is 156 cm³/mol. The highest BCUT2D eigenvalue weighted by Gasteiger charge is 2.37. The second-order valence-corrected chi connectivity index (χ2v) is 10.9. The molecule has 9 heteroatoms. The van der Waals surface area contributed by atoms with Crippen LogP contribution >= 0.6 is 0 Å². The Kier molecular flexibility index (Phi) is 9.69. The van der Waals surface area contributed by atoms with Crippen LogP contribution in [-0.4, -0.2) is 88.6 Å². The first kappa shape index (κ1) is 28.8. The molecule has 9 nitrogen and oxygen atoms in total. The molecule has 218 valence electrons. The summed E-state index contributed by atoms with van der Waals surface area (Å²) in [6.07, 6.45) is 6.63. The number of hydrogen-bond acceptors (Lipinski definition) is 5. The molecule has 1 N–H and O–H groups in total. The molecule has 1 saturated heterocycles. The van der Waals surface area contributed by atoms with Crippen molar-refractivity contribution in [2.45, 2.75) is 56.7 Å². The van der Waals surface area contributed by atoms with Crippen molar-refractivity contribution in [3.63, 3.8) is 0 Å². The van der Waals surface area contributed by atoms with E-state index in [-0.39, 0.29) is 37.2 Å². The summed E-state index contributed by atoms with van der Waals surface area (Å²) in [5, 5.41) is 9.72. The third-order valence-corrected chi connectivity index (χ3v) is 8.27. The second kappa shape index (κ2) is 13.8. The maximum atomic E-state index is 14.4. The SMILES string of the molecule is COCCOC1CCCCCC1n1cnc(C(=O)N2CCN(C(=O)O)C[C@H]2Cc2ccccc2)c1-c1ccccc1. The Morgan fingerprint density at radius 1 is 0.951 bits per heavy atom. The number of nitrogens with zero attached hydrogens (tertiary/aromatic N) is 4. The zero-order valence-electron chi connectivity index (χ0n) is 23.7. The molecule has 2 fully saturated rings. The Labute approximate surface area is 241 Å². The average Bonchev–Trinajstić information content (AvgIpc) is 3.30. The lowest BCUT2D eigenvalue weighted by atomic mass is 10.0. The van der Waals surface area contributed by atoms with Gasteiger partial charge in [-0.1, -0.05) is 79.9 Å². The summed E-state index contributed by atoms with van der Waals surface area (Å²) in [5.41, 5.74) is 3.18. The van der Waals surface area contributed by atoms with Crippen LogP contribution in [0.3, 0.4) is 0 Å². The van der Waals surface area contributed by atoms with Crippen molar-refractivity contribution in [2.24, 2.45) is 0 Å². The molecule has 1 saturated carbocycles. The van der Waals surface area contributed by atoms with Crippen molar-refractivity contribution >= 4 is 12.0 Å². The van der Waals surface area contributed by atoms with Crippen LogP contribution in [0.25, 0.3) is 11.3 Å². The van der Waals surface area contributed by atoms with Gasteiger partial charge in [-0.05, 0) is 24.8 Å². The van der Waals surface area contributed by atoms with Gasteiger partial charge < -0.3 is 28.9 Å². The third kappa shape index (κ3) is 6.80. The molecule has 1 aliphatic heterocycles. The van der Waals surface area contributed by atoms with Gasteiger partial charge in [0.05, 0.1) is 43.4 Å². The van der Waals surface area contributed by atoms with Crippen LogP contribution in [0.5, 0.6) is 0 Å². The fourth-order valence-electron chi connectivity index (χ4n) is 6.19. The number of benzene rings is 2. The molecule has 3 atom stereocenters. The molecule has 2 amide bonds. The van der Waals surface area contributed by atoms with Crippen LogP contribution in [0.1, 0.15) is 54.2 Å². The fourth-order valence-corrected chi connectivity index (χ4v) is 6.19. The summed E-state index contributed by atoms with van der Waals surface area (Å²) in [4.78, 5) is 34.2. The van der Waals surface area contributed by atoms with E-state index >= 15 is 0 Å². The topological polar surface area (TPSA) is 97.1 Å². The van der Waals surface area contributed by atoms with Gasteiger partial charge >= 0.3 is 6.09 Å². The first-order chi connectivity index (χ1) is 20.1. The number of piperazine rings is 1. The summed E-state index contributed by atoms with van der Waals surface area (Å²) in [6.45, 7) is 1.90. The van der Waals surface area contributed by atoms with Crippen LogP contribution in [-0.2, 0) is 15.9 Å². The maximum Gasteiger partial charge on any atom is 0.407 e. The minimum absolute atomic E-state index is 0.00259. The third-order valence-electron chi connectivity index (χ3n) is 8.27. The summed E-state index contributed by atoms with van der Waals surface area (Å²) < 4.78 is 13.7. The summed E-state index contributed by atoms with van der Waals surface area (Å²) in [7, 11) is 1.68. The molecule has 1 aromatic heterocycles. The standard InChI is InChI=1S/C32H40N4O5/c1-40-19-20-41-28-16-10-4-9-15-27(28)36-23-33-29(30(36)25-13-7-3-8-14-25)31(37)35-18-17-34(32(38)39)22-26(35)21-24-11-5-2-6-12-24/h2-3,5-8,11-14,23,26-28H,4,9-10,15-22H2,1H3,(H,38,39)/t26-,27?,28?/m1/s1. The van der Waals surface area contributed by atoms with E-state index in [1.807, 2.05) is 65.6 Å². The number of carbonyl (C=O) groups excluding carboxylic acids is 1. The molecule has 2 aliphatic rings. The van der Waals surface area contributed by atoms with Crippen molar-refractivity contribution in [1.82, 2.24) is 19.4 Å². The molecule has 0 spiro atoms. The molecule has 2 heterocycles. The van der Waals surface area contributed by atoms with Gasteiger partial charge in [-0.3, -0.25) is 4.79 Å². The normalized spacial score (nSPS) is 21.4. The van der Waals surface area contributed by atoms with Crippen LogP contribution in [0.2, 0.25) is 0 Å². The molecule has 3 aromatic rings. The van der Waals surface area contributed by atoms with E-state index in [4.69, 9.17) is 14.5 Å². The highest BCUT2D eigenvalue weighted by Crippen LogP contribution is 2.36. The number of amides is 2. The van der Waals surface area contributed by atoms with Crippen molar-refractivity contribution in [2.75, 3.05) is 40.0 Å². The molecule has 2 aromatic carbocycles. The van der Waals surface area contributed by atoms with E-state index in [0.717, 1.165) is 48.9 Å². The van der Waals surface area contributed by atoms with E-state index in [0.29, 0.717) is 31.9 Å². The number of carboxylic acid groups (broad SMARTS) is 1. The molecule has 2 unspecified atom stereocenters. The van der Waals surface area contributed by atoms with Crippen LogP contribution in [0, 0.1) is 0 Å². The van der Waals surface area contributed by atoms with E-state index in [2.05, 4.69) is 4.57 Å². The lowest BCUT2D eigenvalue weighted by Gasteiger charge is -2.40. The van der Waals surface area contributed by atoms with E-state index in [9.17, 15) is 14.7 Å². The lowest BCUT2D eigenvalue weighted by molar-refractivity contribution is -0.0126. The molecule has 41 heavy (non-hydrogen) atoms. The number of carbonyl (C=O) groups is 2. The summed E-state index contributed by atoms with van der Waals surface area (Å²) in [5.74, 6) is -0.168. The smallest absolute Gasteiger partial charge is 0.407 e. The molecule has 1 aliphatic carbocycles. The Bertz CT molecular complexity index is 1280. The fraction of sp³-hybridized carbons (Fsp3) is 0.469. The minimum atomic E-state index is -0.961. The number of hydrogen-bond donors (Lipinski definition) is 1. The Morgan fingerprint density at radius 2 is 1.68 bits per heavy atom. The minimum Gasteiger partial charge on any atom is -0.465 e. The molecule has 5 rings (SSSR count). The first-order valence-electron chi connectivity index (χ1n) is 14.6. The number of ether oxygens (including phenoxy) is 2. The van der Waals surface area contributed by atoms with Gasteiger partial charge in [0.15, 0.2) is 5.69 Å². The maximum absolute atomic E-state index is 14.4. The van der Waals surface area contributed by atoms with Crippen molar-refractivity contribution in [3.05, 3.63) is 78.2 Å². The predicted octanol–water partition coefficient (Wildman–Crippen LogP) is 5.13. The van der Waals surface area contributed by atoms with E-state index in [1.54, 1.807) is 13.4 Å². The Morgan fingerprint density at radius 3 is 2.41 bits per heavy atom. The highest BCUT2D eigenvalue weighted by molar-refractivity contribution is 5.98. The first-order valence-corrected chi connectivity index (χ1v) is 14.6. The van der Waals surface area contributed by atoms with Gasteiger partial charge in [-0.25, -0.2) is 9.78 Å². The zero-order valence-corrected chi connectivity index (χ0v) is 23.7. The van der Waals surface area contributed by atoms with Gasteiger partial charge in [-0.2, -0.15) is 0 Å². The largest absolute Gasteiger partial charge is 0.465 e. The van der Waals surface area contributed by atoms with E-state index in [1.165, 1.54) is 4.90 Å². The number of imidazole rings is 1. The lowest BCUT2D eigenvalue weighted by Crippen LogP contribution is -2.57. The molecule has 0 bridgehead atoms. The van der Waals surface area contributed by atoms with Crippen molar-refractivity contribution in [3.8, 4) is 11.3 Å². The van der Waals surface area contributed by atoms with Crippen LogP contribution < -0.4 is 0 Å². The summed E-state index contributed by atoms with van der Waals surface area (Å²) >= 11 is 0. The van der Waals surface area contributed by atoms with Gasteiger partial charge in [0.2, 0.25) is 0 Å². The number of rotatable bonds is 9. The highest BCUT2D eigenvalue weighted by atomic mass is 16.5. The van der Waals surface area contributed by atoms with Crippen molar-refractivity contribution < 1.29 is 24.2 Å². The molecular weight excluding hydrogens is 520 g/mol. The van der Waals surface area contributed by atoms with Gasteiger partial charge in [0.1, 0.15) is 0 Å². The van der Waals surface area contributed by atoms with Gasteiger partial charge in [0, 0.05) is 32.3 Å². The Hall–Kier alpha value is -3.69. The molecular formula is C32H40N4O5. The Balaban J connectivity index is 1.51. The van der Waals surface area contributed by atoms with Gasteiger partial charge in [0.25, 0.3) is 5.91 Å². The average molecular weight is 561 g/mol. The quantitative estimate of drug-likeness (QED) is 0.288. The summed E-state index contributed by atoms with van der Waals surface area (Å²) in [6, 6.07) is 19.6. The van der Waals surface area contributed by atoms with Crippen LogP contribution in [0.15, 0.2) is 67.0 Å². The second-order valence-electron chi connectivity index (χ2n) is 10.9. The van der Waals surface area contributed by atoms with Crippen LogP contribution in [0.4, 0.5) is 4.79 Å². The van der Waals surface area contributed by atoms with Crippen molar-refractivity contribution in [1.29, 1.82) is 0 Å². The number of aromatic nitrogens is 2. The molecule has 0 radical (unpaired) electrons. The van der Waals surface area contributed by atoms with Gasteiger partial charge in [-0.15, -0.1) is 0 Å². The zero-order chi connectivity index (χ0) is 28.6.